The Hall–Kier alpha value is -0.380. The van der Waals surface area contributed by atoms with Crippen molar-refractivity contribution in [3.63, 3.8) is 0 Å². The second kappa shape index (κ2) is 11.9. The molecule has 0 aromatic heterocycles. The summed E-state index contributed by atoms with van der Waals surface area (Å²) < 4.78 is 5.90. The van der Waals surface area contributed by atoms with Gasteiger partial charge in [-0.1, -0.05) is 46.5 Å². The van der Waals surface area contributed by atoms with Crippen LogP contribution >= 0.6 is 11.8 Å². The van der Waals surface area contributed by atoms with Crippen LogP contribution in [0, 0.1) is 11.8 Å². The summed E-state index contributed by atoms with van der Waals surface area (Å²) in [4.78, 5) is 13.0. The third kappa shape index (κ3) is 6.55. The largest absolute Gasteiger partial charge is 0.388 e. The van der Waals surface area contributed by atoms with Crippen LogP contribution in [0.3, 0.4) is 0 Å². The fraction of sp³-hybridized carbons (Fsp3) is 0.952. The zero-order chi connectivity index (χ0) is 21.6. The highest BCUT2D eigenvalue weighted by atomic mass is 32.2. The summed E-state index contributed by atoms with van der Waals surface area (Å²) >= 11 is 1.28. The molecule has 8 atom stereocenters. The monoisotopic (exact) mass is 432 g/mol. The fourth-order valence-corrected chi connectivity index (χ4v) is 5.08. The topological polar surface area (TPSA) is 111 Å². The minimum absolute atomic E-state index is 0.00695. The third-order valence-corrected chi connectivity index (χ3v) is 7.12. The number of carbonyl (C=O) groups excluding carboxylic acids is 1. The molecule has 29 heavy (non-hydrogen) atoms. The first-order valence-corrected chi connectivity index (χ1v) is 12.3. The number of hydrogen-bond acceptors (Lipinski definition) is 7. The number of aliphatic hydroxyl groups is 3. The van der Waals surface area contributed by atoms with Crippen LogP contribution in [0.4, 0.5) is 0 Å². The van der Waals surface area contributed by atoms with Gasteiger partial charge in [0, 0.05) is 0 Å². The molecule has 0 bridgehead atoms. The van der Waals surface area contributed by atoms with Gasteiger partial charge in [-0.15, -0.1) is 11.8 Å². The number of rotatable bonds is 9. The molecule has 8 heteroatoms. The average molecular weight is 433 g/mol. The standard InChI is InChI=1S/C21H40N2O5S/c1-5-6-7-8-13-9-10-22-14(11-13)20(27)23-15(12(2)3)19-17(25)16(24)18(26)21(28-19)29-4/h12-19,21-22,24-26H,5-11H2,1-4H3,(H,23,27). The first kappa shape index (κ1) is 24.9. The quantitative estimate of drug-likeness (QED) is 0.349. The second-order valence-electron chi connectivity index (χ2n) is 8.85. The Balaban J connectivity index is 2.01. The van der Waals surface area contributed by atoms with Crippen LogP contribution in [0.25, 0.3) is 0 Å². The number of piperidine rings is 1. The smallest absolute Gasteiger partial charge is 0.237 e. The number of hydrogen-bond donors (Lipinski definition) is 5. The van der Waals surface area contributed by atoms with Gasteiger partial charge in [0.25, 0.3) is 0 Å². The lowest BCUT2D eigenvalue weighted by molar-refractivity contribution is -0.208. The highest BCUT2D eigenvalue weighted by molar-refractivity contribution is 7.99. The molecule has 0 spiro atoms. The Morgan fingerprint density at radius 2 is 1.93 bits per heavy atom. The van der Waals surface area contributed by atoms with Gasteiger partial charge in [0.15, 0.2) is 0 Å². The van der Waals surface area contributed by atoms with Crippen molar-refractivity contribution in [2.75, 3.05) is 12.8 Å². The van der Waals surface area contributed by atoms with Crippen LogP contribution in [-0.2, 0) is 9.53 Å². The van der Waals surface area contributed by atoms with Crippen LogP contribution < -0.4 is 10.6 Å². The van der Waals surface area contributed by atoms with E-state index in [4.69, 9.17) is 4.74 Å². The van der Waals surface area contributed by atoms with Gasteiger partial charge in [-0.3, -0.25) is 4.79 Å². The molecule has 0 saturated carbocycles. The van der Waals surface area contributed by atoms with E-state index in [0.717, 1.165) is 25.8 Å². The molecule has 8 unspecified atom stereocenters. The van der Waals surface area contributed by atoms with Gasteiger partial charge < -0.3 is 30.7 Å². The van der Waals surface area contributed by atoms with E-state index in [2.05, 4.69) is 17.6 Å². The van der Waals surface area contributed by atoms with Gasteiger partial charge in [-0.2, -0.15) is 0 Å². The number of unbranched alkanes of at least 4 members (excludes halogenated alkanes) is 2. The molecule has 170 valence electrons. The van der Waals surface area contributed by atoms with Gasteiger partial charge in [-0.25, -0.2) is 0 Å². The van der Waals surface area contributed by atoms with E-state index >= 15 is 0 Å². The molecular formula is C21H40N2O5S. The van der Waals surface area contributed by atoms with E-state index < -0.39 is 35.9 Å². The number of carbonyl (C=O) groups is 1. The van der Waals surface area contributed by atoms with Crippen molar-refractivity contribution in [3.05, 3.63) is 0 Å². The van der Waals surface area contributed by atoms with Crippen molar-refractivity contribution in [2.24, 2.45) is 11.8 Å². The van der Waals surface area contributed by atoms with E-state index in [-0.39, 0.29) is 17.9 Å². The van der Waals surface area contributed by atoms with Crippen molar-refractivity contribution in [2.45, 2.75) is 101 Å². The highest BCUT2D eigenvalue weighted by Crippen LogP contribution is 2.30. The zero-order valence-corrected chi connectivity index (χ0v) is 19.0. The summed E-state index contributed by atoms with van der Waals surface area (Å²) in [6, 6.07) is -0.708. The summed E-state index contributed by atoms with van der Waals surface area (Å²) in [5.41, 5.74) is -0.646. The first-order chi connectivity index (χ1) is 13.8. The lowest BCUT2D eigenvalue weighted by Gasteiger charge is -2.44. The Bertz CT molecular complexity index is 507. The van der Waals surface area contributed by atoms with Crippen LogP contribution in [0.5, 0.6) is 0 Å². The minimum Gasteiger partial charge on any atom is -0.388 e. The van der Waals surface area contributed by atoms with E-state index in [0.29, 0.717) is 5.92 Å². The van der Waals surface area contributed by atoms with Crippen molar-refractivity contribution in [1.29, 1.82) is 0 Å². The summed E-state index contributed by atoms with van der Waals surface area (Å²) in [6.45, 7) is 6.94. The average Bonchev–Trinajstić information content (AvgIpc) is 2.71. The molecule has 0 aromatic rings. The zero-order valence-electron chi connectivity index (χ0n) is 18.2. The van der Waals surface area contributed by atoms with Gasteiger partial charge in [0.05, 0.1) is 12.1 Å². The minimum atomic E-state index is -1.31. The Morgan fingerprint density at radius 3 is 2.55 bits per heavy atom. The third-order valence-electron chi connectivity index (χ3n) is 6.26. The molecule has 5 N–H and O–H groups in total. The first-order valence-electron chi connectivity index (χ1n) is 11.1. The van der Waals surface area contributed by atoms with Crippen LogP contribution in [0.1, 0.15) is 59.3 Å². The molecule has 0 aliphatic carbocycles. The molecule has 2 rings (SSSR count). The lowest BCUT2D eigenvalue weighted by Crippen LogP contribution is -2.65. The van der Waals surface area contributed by atoms with Gasteiger partial charge in [0.2, 0.25) is 5.91 Å². The highest BCUT2D eigenvalue weighted by Gasteiger charge is 2.47. The van der Waals surface area contributed by atoms with Crippen LogP contribution in [-0.4, -0.2) is 76.0 Å². The fourth-order valence-electron chi connectivity index (χ4n) is 4.40. The van der Waals surface area contributed by atoms with Crippen molar-refractivity contribution in [1.82, 2.24) is 10.6 Å². The van der Waals surface area contributed by atoms with Crippen molar-refractivity contribution in [3.8, 4) is 0 Å². The van der Waals surface area contributed by atoms with E-state index in [1.807, 2.05) is 13.8 Å². The Morgan fingerprint density at radius 1 is 1.21 bits per heavy atom. The number of ether oxygens (including phenoxy) is 1. The number of nitrogens with one attached hydrogen (secondary N) is 2. The van der Waals surface area contributed by atoms with Gasteiger partial charge in [-0.05, 0) is 37.5 Å². The SMILES string of the molecule is CCCCCC1CCNC(C(=O)NC(C(C)C)C2OC(SC)C(O)C(O)C2O)C1. The molecule has 2 aliphatic rings. The van der Waals surface area contributed by atoms with Crippen molar-refractivity contribution < 1.29 is 24.9 Å². The maximum atomic E-state index is 13.0. The number of thioether (sulfide) groups is 1. The molecule has 2 heterocycles. The maximum Gasteiger partial charge on any atom is 0.237 e. The molecule has 0 aromatic carbocycles. The normalized spacial score (nSPS) is 36.8. The molecule has 1 amide bonds. The predicted octanol–water partition coefficient (Wildman–Crippen LogP) is 1.25. The molecular weight excluding hydrogens is 392 g/mol. The van der Waals surface area contributed by atoms with Crippen LogP contribution in [0.15, 0.2) is 0 Å². The predicted molar refractivity (Wildman–Crippen MR) is 116 cm³/mol. The summed E-state index contributed by atoms with van der Waals surface area (Å²) in [7, 11) is 0. The van der Waals surface area contributed by atoms with Crippen molar-refractivity contribution >= 4 is 17.7 Å². The summed E-state index contributed by atoms with van der Waals surface area (Å²) in [5.74, 6) is 0.471. The molecule has 2 fully saturated rings. The Labute approximate surface area is 179 Å². The van der Waals surface area contributed by atoms with Crippen LogP contribution in [0.2, 0.25) is 0 Å². The number of amides is 1. The molecule has 2 saturated heterocycles. The lowest BCUT2D eigenvalue weighted by atomic mass is 9.86. The number of aliphatic hydroxyl groups excluding tert-OH is 3. The van der Waals surface area contributed by atoms with E-state index in [9.17, 15) is 20.1 Å². The maximum absolute atomic E-state index is 13.0. The van der Waals surface area contributed by atoms with E-state index in [1.165, 1.54) is 31.0 Å². The molecule has 2 aliphatic heterocycles. The molecule has 0 radical (unpaired) electrons. The van der Waals surface area contributed by atoms with Gasteiger partial charge >= 0.3 is 0 Å². The second-order valence-corrected chi connectivity index (χ2v) is 9.78. The summed E-state index contributed by atoms with van der Waals surface area (Å²) in [6.07, 6.45) is 4.01. The molecule has 7 nitrogen and oxygen atoms in total. The summed E-state index contributed by atoms with van der Waals surface area (Å²) in [5, 5.41) is 37.3. The Kier molecular flexibility index (Phi) is 10.2. The van der Waals surface area contributed by atoms with E-state index in [1.54, 1.807) is 6.26 Å². The van der Waals surface area contributed by atoms with Gasteiger partial charge in [0.1, 0.15) is 29.9 Å².